The minimum absolute atomic E-state index is 0.0107. The van der Waals surface area contributed by atoms with Gasteiger partial charge in [0, 0.05) is 46.4 Å². The quantitative estimate of drug-likeness (QED) is 0.104. The first-order valence-corrected chi connectivity index (χ1v) is 18.9. The average Bonchev–Trinajstić information content (AvgIpc) is 2.98. The summed E-state index contributed by atoms with van der Waals surface area (Å²) in [4.78, 5) is 32.8. The Hall–Kier alpha value is -4.19. The van der Waals surface area contributed by atoms with Crippen molar-refractivity contribution in [1.29, 1.82) is 0 Å². The van der Waals surface area contributed by atoms with Crippen LogP contribution in [0.15, 0.2) is 46.5 Å². The first-order valence-electron chi connectivity index (χ1n) is 15.2. The third-order valence-electron chi connectivity index (χ3n) is 8.27. The van der Waals surface area contributed by atoms with Gasteiger partial charge in [-0.3, -0.25) is 9.59 Å². The molecule has 49 heavy (non-hydrogen) atoms. The lowest BCUT2D eigenvalue weighted by Crippen LogP contribution is -2.36. The van der Waals surface area contributed by atoms with Gasteiger partial charge in [0.15, 0.2) is 17.5 Å². The fraction of sp³-hybridized carbons (Fsp3) is 0.452. The number of nitrogens with zero attached hydrogens (tertiary/aromatic N) is 5. The van der Waals surface area contributed by atoms with E-state index in [0.29, 0.717) is 36.5 Å². The molecule has 1 aromatic carbocycles. The van der Waals surface area contributed by atoms with Crippen molar-refractivity contribution in [2.24, 2.45) is 11.8 Å². The molecule has 0 unspecified atom stereocenters. The van der Waals surface area contributed by atoms with Crippen molar-refractivity contribution in [2.45, 2.75) is 64.2 Å². The summed E-state index contributed by atoms with van der Waals surface area (Å²) >= 11 is 0. The summed E-state index contributed by atoms with van der Waals surface area (Å²) in [6, 6.07) is 3.21. The number of hydrogen-bond acceptors (Lipinski definition) is 7. The molecule has 0 saturated heterocycles. The van der Waals surface area contributed by atoms with Crippen LogP contribution in [0.2, 0.25) is 25.7 Å². The van der Waals surface area contributed by atoms with Gasteiger partial charge in [0.05, 0.1) is 28.4 Å². The summed E-state index contributed by atoms with van der Waals surface area (Å²) in [6.45, 7) is 6.46. The molecule has 0 atom stereocenters. The minimum atomic E-state index is -4.94. The Labute approximate surface area is 275 Å². The van der Waals surface area contributed by atoms with Crippen molar-refractivity contribution in [3.63, 3.8) is 0 Å². The molecule has 0 spiro atoms. The van der Waals surface area contributed by atoms with Gasteiger partial charge >= 0.3 is 12.4 Å². The van der Waals surface area contributed by atoms with E-state index < -0.39 is 83.5 Å². The Kier molecular flexibility index (Phi) is 10.0. The highest BCUT2D eigenvalue weighted by molar-refractivity contribution is 6.76. The van der Waals surface area contributed by atoms with Crippen LogP contribution < -0.4 is 16.4 Å². The van der Waals surface area contributed by atoms with Crippen LogP contribution in [-0.4, -0.2) is 45.5 Å². The van der Waals surface area contributed by atoms with Crippen LogP contribution in [0.3, 0.4) is 0 Å². The highest BCUT2D eigenvalue weighted by Crippen LogP contribution is 2.37. The topological polar surface area (TPSA) is 104 Å². The lowest BCUT2D eigenvalue weighted by molar-refractivity contribution is -0.139. The second-order valence-electron chi connectivity index (χ2n) is 13.3. The number of fused-ring (bicyclic) bond motifs is 1. The van der Waals surface area contributed by atoms with Gasteiger partial charge in [0.1, 0.15) is 12.3 Å². The first-order chi connectivity index (χ1) is 22.8. The van der Waals surface area contributed by atoms with E-state index in [2.05, 4.69) is 40.0 Å². The van der Waals surface area contributed by atoms with E-state index in [-0.39, 0.29) is 30.3 Å². The normalized spacial score (nSPS) is 17.0. The van der Waals surface area contributed by atoms with E-state index in [4.69, 9.17) is 4.74 Å². The van der Waals surface area contributed by atoms with Gasteiger partial charge in [0.25, 0.3) is 11.1 Å². The number of hydrogen-bond donors (Lipinski definition) is 1. The first kappa shape index (κ1) is 36.1. The third-order valence-corrected chi connectivity index (χ3v) is 9.98. The largest absolute Gasteiger partial charge is 0.423 e. The summed E-state index contributed by atoms with van der Waals surface area (Å²) in [7, 11) is -1.44. The molecule has 1 fully saturated rings. The summed E-state index contributed by atoms with van der Waals surface area (Å²) in [6.07, 6.45) is -5.48. The molecule has 1 saturated carbocycles. The Balaban J connectivity index is 1.23. The molecule has 5 rings (SSSR count). The Morgan fingerprint density at radius 3 is 2.22 bits per heavy atom. The fourth-order valence-electron chi connectivity index (χ4n) is 5.54. The van der Waals surface area contributed by atoms with E-state index in [1.54, 1.807) is 0 Å². The zero-order chi connectivity index (χ0) is 35.9. The zero-order valence-corrected chi connectivity index (χ0v) is 27.6. The van der Waals surface area contributed by atoms with E-state index in [0.717, 1.165) is 18.3 Å². The van der Waals surface area contributed by atoms with Crippen LogP contribution in [0.5, 0.6) is 0 Å². The SMILES string of the molecule is C[Si](C)(C)CCOCn1ncc(NC[C@H]2C[C@H](Cn3ccc4cc(-c5ncc(C(F)(F)F)cn5)c(F)c(F)c4c3=O)C2)c(C(F)(F)F)c1=O. The predicted molar refractivity (Wildman–Crippen MR) is 166 cm³/mol. The maximum absolute atomic E-state index is 15.2. The van der Waals surface area contributed by atoms with Crippen LogP contribution in [0, 0.1) is 23.5 Å². The summed E-state index contributed by atoms with van der Waals surface area (Å²) in [5.74, 6) is -3.69. The van der Waals surface area contributed by atoms with E-state index in [1.807, 2.05) is 0 Å². The number of rotatable bonds is 11. The van der Waals surface area contributed by atoms with Gasteiger partial charge in [-0.05, 0) is 48.2 Å². The fourth-order valence-corrected chi connectivity index (χ4v) is 6.29. The molecule has 4 aromatic rings. The Bertz CT molecular complexity index is 1950. The monoisotopic (exact) mass is 716 g/mol. The van der Waals surface area contributed by atoms with Gasteiger partial charge in [-0.15, -0.1) is 0 Å². The van der Waals surface area contributed by atoms with Gasteiger partial charge < -0.3 is 14.6 Å². The van der Waals surface area contributed by atoms with Crippen molar-refractivity contribution >= 4 is 24.5 Å². The van der Waals surface area contributed by atoms with Crippen LogP contribution in [0.25, 0.3) is 22.2 Å². The minimum Gasteiger partial charge on any atom is -0.383 e. The van der Waals surface area contributed by atoms with Crippen molar-refractivity contribution < 1.29 is 39.9 Å². The highest BCUT2D eigenvalue weighted by Gasteiger charge is 2.39. The lowest BCUT2D eigenvalue weighted by Gasteiger charge is -2.36. The number of nitrogens with one attached hydrogen (secondary N) is 1. The standard InChI is InChI=1S/C31H32F8N6O3Si/c1-49(2,3)7-6-48-16-45-29(47)24(31(37,38)39)22(14-43-45)40-11-17-8-18(9-17)15-44-5-4-19-10-21(25(32)26(33)23(19)28(44)46)27-41-12-20(13-42-27)30(34,35)36/h4-5,10,12-14,17-18,40H,6-9,11,15-16H2,1-3H3/t17-,18-. The van der Waals surface area contributed by atoms with Crippen molar-refractivity contribution in [3.05, 3.63) is 80.4 Å². The summed E-state index contributed by atoms with van der Waals surface area (Å²) in [5, 5.41) is 5.96. The van der Waals surface area contributed by atoms with Crippen LogP contribution in [0.4, 0.5) is 40.8 Å². The van der Waals surface area contributed by atoms with Crippen LogP contribution in [-0.2, 0) is 30.4 Å². The van der Waals surface area contributed by atoms with E-state index >= 15 is 8.78 Å². The molecule has 1 N–H and O–H groups in total. The number of anilines is 1. The van der Waals surface area contributed by atoms with Crippen molar-refractivity contribution in [1.82, 2.24) is 24.3 Å². The number of pyridine rings is 1. The maximum atomic E-state index is 15.2. The molecular weight excluding hydrogens is 684 g/mol. The summed E-state index contributed by atoms with van der Waals surface area (Å²) in [5.41, 5.74) is -5.67. The molecule has 1 aliphatic carbocycles. The van der Waals surface area contributed by atoms with Crippen LogP contribution >= 0.6 is 0 Å². The van der Waals surface area contributed by atoms with E-state index in [9.17, 15) is 35.9 Å². The van der Waals surface area contributed by atoms with Gasteiger partial charge in [0.2, 0.25) is 0 Å². The molecule has 18 heteroatoms. The number of ether oxygens (including phenoxy) is 1. The van der Waals surface area contributed by atoms with Crippen molar-refractivity contribution in [2.75, 3.05) is 18.5 Å². The molecule has 9 nitrogen and oxygen atoms in total. The number of aromatic nitrogens is 5. The molecule has 0 aliphatic heterocycles. The number of halogens is 8. The second-order valence-corrected chi connectivity index (χ2v) is 18.9. The number of benzene rings is 1. The van der Waals surface area contributed by atoms with Crippen LogP contribution in [0.1, 0.15) is 24.0 Å². The lowest BCUT2D eigenvalue weighted by atomic mass is 9.74. The van der Waals surface area contributed by atoms with Gasteiger partial charge in [-0.2, -0.15) is 31.4 Å². The maximum Gasteiger partial charge on any atom is 0.423 e. The third kappa shape index (κ3) is 8.17. The molecule has 3 heterocycles. The van der Waals surface area contributed by atoms with Crippen molar-refractivity contribution in [3.8, 4) is 11.4 Å². The molecule has 0 bridgehead atoms. The molecule has 0 radical (unpaired) electrons. The highest BCUT2D eigenvalue weighted by atomic mass is 28.3. The number of alkyl halides is 6. The second kappa shape index (κ2) is 13.6. The molecular formula is C31H32F8N6O3Si. The van der Waals surface area contributed by atoms with E-state index in [1.165, 1.54) is 16.8 Å². The zero-order valence-electron chi connectivity index (χ0n) is 26.6. The molecule has 3 aromatic heterocycles. The Morgan fingerprint density at radius 2 is 1.61 bits per heavy atom. The van der Waals surface area contributed by atoms with Gasteiger partial charge in [-0.25, -0.2) is 23.4 Å². The molecule has 1 aliphatic rings. The Morgan fingerprint density at radius 1 is 0.939 bits per heavy atom. The smallest absolute Gasteiger partial charge is 0.383 e. The summed E-state index contributed by atoms with van der Waals surface area (Å²) < 4.78 is 118. The average molecular weight is 717 g/mol. The molecule has 264 valence electrons. The molecule has 0 amide bonds. The predicted octanol–water partition coefficient (Wildman–Crippen LogP) is 6.78. The van der Waals surface area contributed by atoms with Gasteiger partial charge in [-0.1, -0.05) is 19.6 Å².